The van der Waals surface area contributed by atoms with Gasteiger partial charge in [-0.25, -0.2) is 17.5 Å². The van der Waals surface area contributed by atoms with Crippen LogP contribution in [0.4, 0.5) is 16.2 Å². The van der Waals surface area contributed by atoms with E-state index in [1.165, 1.54) is 31.4 Å². The van der Waals surface area contributed by atoms with Crippen LogP contribution in [0.1, 0.15) is 34.6 Å². The zero-order valence-corrected chi connectivity index (χ0v) is 18.6. The van der Waals surface area contributed by atoms with E-state index in [2.05, 4.69) is 10.6 Å². The molecule has 2 N–H and O–H groups in total. The topological polar surface area (TPSA) is 131 Å². The van der Waals surface area contributed by atoms with Crippen molar-refractivity contribution in [3.8, 4) is 0 Å². The molecule has 0 saturated heterocycles. The Morgan fingerprint density at radius 1 is 1.03 bits per heavy atom. The minimum absolute atomic E-state index is 0.0356. The number of amides is 3. The number of fused-ring (bicyclic) bond motifs is 1. The van der Waals surface area contributed by atoms with Gasteiger partial charge < -0.3 is 14.8 Å². The summed E-state index contributed by atoms with van der Waals surface area (Å²) in [6.45, 7) is 3.56. The molecule has 2 aromatic rings. The van der Waals surface area contributed by atoms with Crippen molar-refractivity contribution in [3.63, 3.8) is 0 Å². The van der Waals surface area contributed by atoms with Crippen molar-refractivity contribution in [1.29, 1.82) is 0 Å². The van der Waals surface area contributed by atoms with Gasteiger partial charge in [0.1, 0.15) is 11.5 Å². The number of hydrogen-bond donors (Lipinski definition) is 2. The maximum Gasteiger partial charge on any atom is 0.411 e. The van der Waals surface area contributed by atoms with E-state index in [1.54, 1.807) is 32.0 Å². The molecule has 3 rings (SSSR count). The lowest BCUT2D eigenvalue weighted by atomic mass is 10.1. The molecule has 1 aliphatic rings. The molecule has 32 heavy (non-hydrogen) atoms. The first-order chi connectivity index (χ1) is 15.1. The summed E-state index contributed by atoms with van der Waals surface area (Å²) in [5.74, 6) is -1.18. The summed E-state index contributed by atoms with van der Waals surface area (Å²) in [6.07, 6.45) is -0.672. The fourth-order valence-corrected chi connectivity index (χ4v) is 4.94. The Morgan fingerprint density at radius 2 is 1.72 bits per heavy atom. The van der Waals surface area contributed by atoms with Crippen molar-refractivity contribution in [1.82, 2.24) is 4.31 Å². The van der Waals surface area contributed by atoms with Gasteiger partial charge in [0.25, 0.3) is 21.8 Å². The number of nitrogens with one attached hydrogen (secondary N) is 2. The van der Waals surface area contributed by atoms with Crippen LogP contribution in [0.2, 0.25) is 0 Å². The molecule has 0 fully saturated rings. The predicted octanol–water partition coefficient (Wildman–Crippen LogP) is 2.69. The van der Waals surface area contributed by atoms with Crippen molar-refractivity contribution >= 4 is 39.3 Å². The lowest BCUT2D eigenvalue weighted by Crippen LogP contribution is -2.36. The zero-order chi connectivity index (χ0) is 23.5. The number of nitrogens with zero attached hydrogens (tertiary/aromatic N) is 1. The van der Waals surface area contributed by atoms with E-state index in [4.69, 9.17) is 9.47 Å². The lowest BCUT2D eigenvalue weighted by Gasteiger charge is -2.18. The van der Waals surface area contributed by atoms with Gasteiger partial charge in [-0.2, -0.15) is 0 Å². The first kappa shape index (κ1) is 23.2. The molecule has 0 saturated carbocycles. The average Bonchev–Trinajstić information content (AvgIpc) is 2.93. The van der Waals surface area contributed by atoms with Crippen LogP contribution in [0.5, 0.6) is 0 Å². The Hall–Kier alpha value is -3.44. The molecule has 3 amide bonds. The number of methoxy groups -OCH3 is 1. The normalized spacial score (nSPS) is 14.2. The smallest absolute Gasteiger partial charge is 0.411 e. The fraction of sp³-hybridized carbons (Fsp3) is 0.286. The summed E-state index contributed by atoms with van der Waals surface area (Å²) >= 11 is 0. The fourth-order valence-electron chi connectivity index (χ4n) is 3.15. The summed E-state index contributed by atoms with van der Waals surface area (Å²) in [5.41, 5.74) is 0.865. The molecule has 0 bridgehead atoms. The molecule has 1 aliphatic heterocycles. The first-order valence-corrected chi connectivity index (χ1v) is 11.2. The Balaban J connectivity index is 1.75. The average molecular weight is 461 g/mol. The Bertz CT molecular complexity index is 1160. The third-order valence-electron chi connectivity index (χ3n) is 4.57. The highest BCUT2D eigenvalue weighted by Gasteiger charge is 2.42. The second-order valence-corrected chi connectivity index (χ2v) is 8.98. The van der Waals surface area contributed by atoms with E-state index in [0.717, 1.165) is 4.31 Å². The van der Waals surface area contributed by atoms with Crippen molar-refractivity contribution in [2.24, 2.45) is 0 Å². The van der Waals surface area contributed by atoms with E-state index in [1.807, 2.05) is 0 Å². The third kappa shape index (κ3) is 4.73. The van der Waals surface area contributed by atoms with Crippen LogP contribution in [0.3, 0.4) is 0 Å². The molecule has 0 aromatic heterocycles. The molecule has 1 heterocycles. The van der Waals surface area contributed by atoms with Crippen LogP contribution in [-0.2, 0) is 19.5 Å². The largest absolute Gasteiger partial charge is 0.447 e. The van der Waals surface area contributed by atoms with E-state index < -0.39 is 34.0 Å². The van der Waals surface area contributed by atoms with Gasteiger partial charge in [0, 0.05) is 30.1 Å². The van der Waals surface area contributed by atoms with Crippen LogP contribution < -0.4 is 10.6 Å². The predicted molar refractivity (Wildman–Crippen MR) is 116 cm³/mol. The summed E-state index contributed by atoms with van der Waals surface area (Å²) in [6, 6.07) is 9.72. The number of hydrogen-bond acceptors (Lipinski definition) is 7. The minimum atomic E-state index is -4.02. The quantitative estimate of drug-likeness (QED) is 0.606. The van der Waals surface area contributed by atoms with Crippen LogP contribution in [0.25, 0.3) is 0 Å². The summed E-state index contributed by atoms with van der Waals surface area (Å²) < 4.78 is 36.0. The Labute approximate surface area is 185 Å². The van der Waals surface area contributed by atoms with Gasteiger partial charge in [-0.1, -0.05) is 6.07 Å². The van der Waals surface area contributed by atoms with Crippen molar-refractivity contribution < 1.29 is 32.3 Å². The van der Waals surface area contributed by atoms with E-state index >= 15 is 0 Å². The summed E-state index contributed by atoms with van der Waals surface area (Å²) in [4.78, 5) is 36.7. The van der Waals surface area contributed by atoms with Gasteiger partial charge in [-0.15, -0.1) is 0 Å². The molecule has 0 atom stereocenters. The lowest BCUT2D eigenvalue weighted by molar-refractivity contribution is 0.0845. The molecule has 0 radical (unpaired) electrons. The third-order valence-corrected chi connectivity index (χ3v) is 6.57. The second-order valence-electron chi connectivity index (χ2n) is 7.20. The number of rotatable bonds is 7. The first-order valence-electron chi connectivity index (χ1n) is 9.72. The molecule has 10 nitrogen and oxygen atoms in total. The summed E-state index contributed by atoms with van der Waals surface area (Å²) in [7, 11) is -2.53. The molecule has 11 heteroatoms. The molecule has 0 spiro atoms. The molecular weight excluding hydrogens is 438 g/mol. The van der Waals surface area contributed by atoms with Crippen molar-refractivity contribution in [3.05, 3.63) is 53.6 Å². The van der Waals surface area contributed by atoms with Gasteiger partial charge in [0.05, 0.1) is 12.2 Å². The van der Waals surface area contributed by atoms with Crippen LogP contribution in [0.15, 0.2) is 47.4 Å². The van der Waals surface area contributed by atoms with Gasteiger partial charge in [-0.05, 0) is 50.2 Å². The Morgan fingerprint density at radius 3 is 2.38 bits per heavy atom. The number of carbonyl (C=O) groups excluding carboxylic acids is 3. The van der Waals surface area contributed by atoms with Gasteiger partial charge in [0.2, 0.25) is 0 Å². The highest BCUT2D eigenvalue weighted by molar-refractivity contribution is 7.90. The SMILES string of the molecule is COCCOC(=O)Nc1cccc(NC(=O)c2ccc3c(c2)S(=O)(=O)N(C(C)C)C3=O)c1. The standard InChI is InChI=1S/C21H23N3O7S/c1-13(2)24-20(26)17-8-7-14(11-18(17)32(24,28)29)19(25)22-15-5-4-6-16(12-15)23-21(27)31-10-9-30-3/h4-8,11-13H,9-10H2,1-3H3,(H,22,25)(H,23,27). The van der Waals surface area contributed by atoms with Gasteiger partial charge in [0.15, 0.2) is 0 Å². The monoisotopic (exact) mass is 461 g/mol. The summed E-state index contributed by atoms with van der Waals surface area (Å²) in [5, 5.41) is 5.17. The van der Waals surface area contributed by atoms with Crippen LogP contribution in [0, 0.1) is 0 Å². The maximum atomic E-state index is 12.7. The highest BCUT2D eigenvalue weighted by Crippen LogP contribution is 2.32. The molecule has 0 unspecified atom stereocenters. The zero-order valence-electron chi connectivity index (χ0n) is 17.7. The van der Waals surface area contributed by atoms with Gasteiger partial charge >= 0.3 is 6.09 Å². The van der Waals surface area contributed by atoms with Crippen molar-refractivity contribution in [2.45, 2.75) is 24.8 Å². The second kappa shape index (κ2) is 9.37. The highest BCUT2D eigenvalue weighted by atomic mass is 32.2. The number of sulfonamides is 1. The van der Waals surface area contributed by atoms with E-state index in [9.17, 15) is 22.8 Å². The molecule has 2 aromatic carbocycles. The number of benzene rings is 2. The van der Waals surface area contributed by atoms with Gasteiger partial charge in [-0.3, -0.25) is 14.9 Å². The van der Waals surface area contributed by atoms with Crippen molar-refractivity contribution in [2.75, 3.05) is 31.0 Å². The van der Waals surface area contributed by atoms with E-state index in [-0.39, 0.29) is 29.2 Å². The van der Waals surface area contributed by atoms with E-state index in [0.29, 0.717) is 11.4 Å². The molecule has 0 aliphatic carbocycles. The number of anilines is 2. The molecule has 170 valence electrons. The van der Waals surface area contributed by atoms with Crippen LogP contribution >= 0.6 is 0 Å². The van der Waals surface area contributed by atoms with Crippen LogP contribution in [-0.4, -0.2) is 57.0 Å². The number of ether oxygens (including phenoxy) is 2. The molecular formula is C21H23N3O7S. The Kier molecular flexibility index (Phi) is 6.80. The minimum Gasteiger partial charge on any atom is -0.447 e. The maximum absolute atomic E-state index is 12.7. The number of carbonyl (C=O) groups is 3.